The Kier molecular flexibility index (Phi) is 4.84. The smallest absolute Gasteiger partial charge is 0.327 e. The molecule has 1 unspecified atom stereocenters. The van der Waals surface area contributed by atoms with Gasteiger partial charge in [-0.2, -0.15) is 5.10 Å². The van der Waals surface area contributed by atoms with Crippen LogP contribution in [0.4, 0.5) is 5.69 Å². The molecule has 1 aromatic heterocycles. The van der Waals surface area contributed by atoms with Crippen molar-refractivity contribution in [2.24, 2.45) is 11.7 Å². The number of hydrogen-bond donors (Lipinski definition) is 1. The Morgan fingerprint density at radius 1 is 1.67 bits per heavy atom. The Bertz CT molecular complexity index is 585. The van der Waals surface area contributed by atoms with Crippen LogP contribution in [0.15, 0.2) is 11.0 Å². The molecule has 116 valence electrons. The summed E-state index contributed by atoms with van der Waals surface area (Å²) in [6, 6.07) is 0.139. The molecule has 0 radical (unpaired) electrons. The summed E-state index contributed by atoms with van der Waals surface area (Å²) in [5, 5.41) is 4.02. The molecule has 21 heavy (non-hydrogen) atoms. The third kappa shape index (κ3) is 3.36. The van der Waals surface area contributed by atoms with Crippen molar-refractivity contribution in [3.63, 3.8) is 0 Å². The number of methoxy groups -OCH3 is 1. The molecule has 1 heterocycles. The largest absolute Gasteiger partial charge is 0.468 e. The lowest BCUT2D eigenvalue weighted by molar-refractivity contribution is -0.141. The third-order valence-corrected chi connectivity index (χ3v) is 4.11. The molecular weight excluding hydrogens is 296 g/mol. The summed E-state index contributed by atoms with van der Waals surface area (Å²) in [5.74, 6) is -0.0202. The number of halogens is 1. The first-order chi connectivity index (χ1) is 9.99. The second-order valence-electron chi connectivity index (χ2n) is 5.13. The summed E-state index contributed by atoms with van der Waals surface area (Å²) >= 11 is 6.14. The van der Waals surface area contributed by atoms with E-state index >= 15 is 0 Å². The number of aromatic nitrogens is 2. The minimum absolute atomic E-state index is 0.0375. The highest BCUT2D eigenvalue weighted by Gasteiger charge is 2.34. The molecule has 0 saturated heterocycles. The van der Waals surface area contributed by atoms with Crippen molar-refractivity contribution >= 4 is 23.3 Å². The van der Waals surface area contributed by atoms with Gasteiger partial charge in [0.2, 0.25) is 0 Å². The SMILES string of the molecule is COC(=O)Cn1ncc(N(C)C(CN)C2CC2)c(Cl)c1=O. The predicted molar refractivity (Wildman–Crippen MR) is 79.5 cm³/mol. The van der Waals surface area contributed by atoms with Crippen LogP contribution < -0.4 is 16.2 Å². The Morgan fingerprint density at radius 3 is 2.86 bits per heavy atom. The maximum absolute atomic E-state index is 12.1. The number of anilines is 1. The molecular formula is C13H19ClN4O3. The zero-order valence-electron chi connectivity index (χ0n) is 12.1. The van der Waals surface area contributed by atoms with Gasteiger partial charge in [-0.05, 0) is 18.8 Å². The molecule has 2 N–H and O–H groups in total. The van der Waals surface area contributed by atoms with Crippen LogP contribution in [0.5, 0.6) is 0 Å². The minimum atomic E-state index is -0.556. The van der Waals surface area contributed by atoms with Crippen LogP contribution in [0, 0.1) is 5.92 Å². The maximum Gasteiger partial charge on any atom is 0.327 e. The van der Waals surface area contributed by atoms with Crippen LogP contribution in [0.25, 0.3) is 0 Å². The van der Waals surface area contributed by atoms with E-state index in [1.807, 2.05) is 11.9 Å². The van der Waals surface area contributed by atoms with E-state index < -0.39 is 11.5 Å². The topological polar surface area (TPSA) is 90.5 Å². The summed E-state index contributed by atoms with van der Waals surface area (Å²) in [5.41, 5.74) is 5.82. The summed E-state index contributed by atoms with van der Waals surface area (Å²) in [4.78, 5) is 25.3. The van der Waals surface area contributed by atoms with Crippen LogP contribution >= 0.6 is 11.6 Å². The number of hydrogen-bond acceptors (Lipinski definition) is 6. The number of ether oxygens (including phenoxy) is 1. The summed E-state index contributed by atoms with van der Waals surface area (Å²) in [6.07, 6.45) is 3.75. The molecule has 1 atom stereocenters. The van der Waals surface area contributed by atoms with E-state index in [1.54, 1.807) is 0 Å². The lowest BCUT2D eigenvalue weighted by Crippen LogP contribution is -2.41. The van der Waals surface area contributed by atoms with Gasteiger partial charge >= 0.3 is 5.97 Å². The first kappa shape index (κ1) is 15.8. The predicted octanol–water partition coefficient (Wildman–Crippen LogP) is 0.243. The van der Waals surface area contributed by atoms with Crippen LogP contribution in [-0.4, -0.2) is 42.5 Å². The first-order valence-electron chi connectivity index (χ1n) is 6.75. The van der Waals surface area contributed by atoms with E-state index in [2.05, 4.69) is 9.84 Å². The van der Waals surface area contributed by atoms with Crippen molar-refractivity contribution in [3.8, 4) is 0 Å². The van der Waals surface area contributed by atoms with Crippen molar-refractivity contribution in [1.82, 2.24) is 9.78 Å². The molecule has 1 aromatic rings. The molecule has 0 aliphatic heterocycles. The van der Waals surface area contributed by atoms with Crippen LogP contribution in [0.2, 0.25) is 5.02 Å². The van der Waals surface area contributed by atoms with Crippen molar-refractivity contribution < 1.29 is 9.53 Å². The fourth-order valence-electron chi connectivity index (χ4n) is 2.33. The Labute approximate surface area is 127 Å². The molecule has 0 bridgehead atoms. The standard InChI is InChI=1S/C13H19ClN4O3/c1-17(9(5-15)8-3-4-8)10-6-16-18(7-11(19)21-2)13(20)12(10)14/h6,8-9H,3-5,7,15H2,1-2H3. The van der Waals surface area contributed by atoms with E-state index in [0.717, 1.165) is 17.5 Å². The number of likely N-dealkylation sites (N-methyl/N-ethyl adjacent to an activating group) is 1. The van der Waals surface area contributed by atoms with Gasteiger partial charge < -0.3 is 15.4 Å². The summed E-state index contributed by atoms with van der Waals surface area (Å²) in [7, 11) is 3.10. The highest BCUT2D eigenvalue weighted by Crippen LogP contribution is 2.36. The van der Waals surface area contributed by atoms with Crippen LogP contribution in [0.1, 0.15) is 12.8 Å². The Morgan fingerprint density at radius 2 is 2.33 bits per heavy atom. The normalized spacial score (nSPS) is 15.6. The molecule has 0 spiro atoms. The molecule has 1 saturated carbocycles. The van der Waals surface area contributed by atoms with E-state index in [4.69, 9.17) is 17.3 Å². The average Bonchev–Trinajstić information content (AvgIpc) is 3.29. The second kappa shape index (κ2) is 6.44. The van der Waals surface area contributed by atoms with Gasteiger partial charge in [-0.25, -0.2) is 4.68 Å². The Hall–Kier alpha value is -1.60. The van der Waals surface area contributed by atoms with Gasteiger partial charge in [-0.3, -0.25) is 9.59 Å². The number of nitrogens with zero attached hydrogens (tertiary/aromatic N) is 3. The molecule has 0 amide bonds. The van der Waals surface area contributed by atoms with Gasteiger partial charge in [0.25, 0.3) is 5.56 Å². The van der Waals surface area contributed by atoms with Gasteiger partial charge in [0.15, 0.2) is 0 Å². The number of esters is 1. The average molecular weight is 315 g/mol. The highest BCUT2D eigenvalue weighted by atomic mass is 35.5. The van der Waals surface area contributed by atoms with Crippen molar-refractivity contribution in [2.45, 2.75) is 25.4 Å². The van der Waals surface area contributed by atoms with Crippen molar-refractivity contribution in [3.05, 3.63) is 21.6 Å². The molecule has 1 aliphatic carbocycles. The van der Waals surface area contributed by atoms with Gasteiger partial charge in [0.05, 0.1) is 19.0 Å². The van der Waals surface area contributed by atoms with Gasteiger partial charge in [-0.15, -0.1) is 0 Å². The van der Waals surface area contributed by atoms with Crippen LogP contribution in [-0.2, 0) is 16.1 Å². The van der Waals surface area contributed by atoms with Crippen molar-refractivity contribution in [1.29, 1.82) is 0 Å². The number of carbonyl (C=O) groups is 1. The van der Waals surface area contributed by atoms with E-state index in [-0.39, 0.29) is 17.6 Å². The van der Waals surface area contributed by atoms with E-state index in [0.29, 0.717) is 18.2 Å². The maximum atomic E-state index is 12.1. The first-order valence-corrected chi connectivity index (χ1v) is 7.12. The minimum Gasteiger partial charge on any atom is -0.468 e. The molecule has 1 aliphatic rings. The zero-order valence-corrected chi connectivity index (χ0v) is 12.8. The van der Waals surface area contributed by atoms with Gasteiger partial charge in [-0.1, -0.05) is 11.6 Å². The molecule has 1 fully saturated rings. The lowest BCUT2D eigenvalue weighted by Gasteiger charge is -2.29. The third-order valence-electron chi connectivity index (χ3n) is 3.76. The quantitative estimate of drug-likeness (QED) is 0.757. The highest BCUT2D eigenvalue weighted by molar-refractivity contribution is 6.33. The molecule has 0 aromatic carbocycles. The van der Waals surface area contributed by atoms with E-state index in [9.17, 15) is 9.59 Å². The number of nitrogens with two attached hydrogens (primary N) is 1. The van der Waals surface area contributed by atoms with Crippen molar-refractivity contribution in [2.75, 3.05) is 25.6 Å². The van der Waals surface area contributed by atoms with Gasteiger partial charge in [0.1, 0.15) is 11.6 Å². The molecule has 7 nitrogen and oxygen atoms in total. The summed E-state index contributed by atoms with van der Waals surface area (Å²) < 4.78 is 5.50. The molecule has 8 heteroatoms. The number of carbonyl (C=O) groups excluding carboxylic acids is 1. The fraction of sp³-hybridized carbons (Fsp3) is 0.615. The lowest BCUT2D eigenvalue weighted by atomic mass is 10.1. The zero-order chi connectivity index (χ0) is 15.6. The van der Waals surface area contributed by atoms with Crippen LogP contribution in [0.3, 0.4) is 0 Å². The monoisotopic (exact) mass is 314 g/mol. The van der Waals surface area contributed by atoms with E-state index in [1.165, 1.54) is 13.3 Å². The Balaban J connectivity index is 2.27. The summed E-state index contributed by atoms with van der Waals surface area (Å²) in [6.45, 7) is 0.227. The molecule has 2 rings (SSSR count). The fourth-order valence-corrected chi connectivity index (χ4v) is 2.61. The second-order valence-corrected chi connectivity index (χ2v) is 5.51. The number of rotatable bonds is 6. The van der Waals surface area contributed by atoms with Gasteiger partial charge in [0, 0.05) is 19.6 Å².